The van der Waals surface area contributed by atoms with E-state index in [1.54, 1.807) is 0 Å². The van der Waals surface area contributed by atoms with E-state index in [4.69, 9.17) is 10.3 Å². The summed E-state index contributed by atoms with van der Waals surface area (Å²) in [6.07, 6.45) is 1.87. The fraction of sp³-hybridized carbons (Fsp3) is 0.385. The second-order valence-corrected chi connectivity index (χ2v) is 5.37. The summed E-state index contributed by atoms with van der Waals surface area (Å²) in [5.74, 6) is 1.13. The smallest absolute Gasteiger partial charge is 0.259 e. The Morgan fingerprint density at radius 1 is 1.44 bits per heavy atom. The van der Waals surface area contributed by atoms with E-state index in [9.17, 15) is 0 Å². The summed E-state index contributed by atoms with van der Waals surface area (Å²) in [6, 6.07) is 5.89. The molecule has 0 saturated carbocycles. The van der Waals surface area contributed by atoms with Gasteiger partial charge < -0.3 is 10.3 Å². The molecule has 18 heavy (non-hydrogen) atoms. The molecular weight excluding hydrogens is 341 g/mol. The Morgan fingerprint density at radius 2 is 2.22 bits per heavy atom. The van der Waals surface area contributed by atoms with Crippen molar-refractivity contribution in [1.29, 1.82) is 0 Å². The van der Waals surface area contributed by atoms with Gasteiger partial charge in [-0.25, -0.2) is 0 Å². The van der Waals surface area contributed by atoms with Crippen LogP contribution in [0.3, 0.4) is 0 Å². The first kappa shape index (κ1) is 13.5. The minimum Gasteiger partial charge on any atom is -0.334 e. The van der Waals surface area contributed by atoms with E-state index >= 15 is 0 Å². The molecule has 1 unspecified atom stereocenters. The lowest BCUT2D eigenvalue weighted by atomic mass is 10.1. The predicted molar refractivity (Wildman–Crippen MR) is 79.0 cm³/mol. The molecular formula is C13H16IN3O. The average Bonchev–Trinajstić information content (AvgIpc) is 2.82. The Hall–Kier alpha value is -0.950. The molecule has 2 rings (SSSR count). The second kappa shape index (κ2) is 5.79. The molecule has 0 aliphatic rings. The summed E-state index contributed by atoms with van der Waals surface area (Å²) in [7, 11) is 0. The summed E-state index contributed by atoms with van der Waals surface area (Å²) in [5, 5.41) is 3.97. The number of benzene rings is 1. The van der Waals surface area contributed by atoms with Crippen molar-refractivity contribution in [1.82, 2.24) is 10.1 Å². The molecule has 1 atom stereocenters. The molecule has 2 N–H and O–H groups in total. The van der Waals surface area contributed by atoms with Crippen molar-refractivity contribution in [3.8, 4) is 11.5 Å². The molecule has 0 radical (unpaired) electrons. The zero-order chi connectivity index (χ0) is 13.1. The van der Waals surface area contributed by atoms with Crippen LogP contribution in [-0.4, -0.2) is 10.1 Å². The zero-order valence-electron chi connectivity index (χ0n) is 10.5. The molecule has 96 valence electrons. The maximum atomic E-state index is 5.98. The molecule has 5 heteroatoms. The van der Waals surface area contributed by atoms with Crippen molar-refractivity contribution in [2.45, 2.75) is 32.7 Å². The van der Waals surface area contributed by atoms with Gasteiger partial charge in [0.2, 0.25) is 0 Å². The van der Waals surface area contributed by atoms with Crippen LogP contribution < -0.4 is 5.73 Å². The van der Waals surface area contributed by atoms with Crippen molar-refractivity contribution in [2.24, 2.45) is 5.73 Å². The van der Waals surface area contributed by atoms with Crippen molar-refractivity contribution >= 4 is 22.6 Å². The first-order valence-electron chi connectivity index (χ1n) is 5.98. The normalized spacial score (nSPS) is 12.7. The molecule has 0 aliphatic carbocycles. The number of nitrogens with two attached hydrogens (primary N) is 1. The van der Waals surface area contributed by atoms with Crippen molar-refractivity contribution < 1.29 is 4.52 Å². The molecule has 0 bridgehead atoms. The van der Waals surface area contributed by atoms with Crippen molar-refractivity contribution in [3.63, 3.8) is 0 Å². The van der Waals surface area contributed by atoms with Gasteiger partial charge in [0.15, 0.2) is 5.82 Å². The van der Waals surface area contributed by atoms with E-state index in [-0.39, 0.29) is 6.04 Å². The zero-order valence-corrected chi connectivity index (χ0v) is 12.6. The summed E-state index contributed by atoms with van der Waals surface area (Å²) >= 11 is 2.29. The maximum Gasteiger partial charge on any atom is 0.259 e. The van der Waals surface area contributed by atoms with Crippen LogP contribution >= 0.6 is 22.6 Å². The second-order valence-electron chi connectivity index (χ2n) is 4.29. The van der Waals surface area contributed by atoms with Crippen LogP contribution in [0.15, 0.2) is 22.7 Å². The highest BCUT2D eigenvalue weighted by molar-refractivity contribution is 14.1. The molecule has 1 aromatic carbocycles. The monoisotopic (exact) mass is 357 g/mol. The molecule has 2 aromatic rings. The third-order valence-electron chi connectivity index (χ3n) is 2.80. The number of hydrogen-bond donors (Lipinski definition) is 1. The van der Waals surface area contributed by atoms with Gasteiger partial charge in [-0.15, -0.1) is 0 Å². The Morgan fingerprint density at radius 3 is 2.94 bits per heavy atom. The number of aromatic nitrogens is 2. The van der Waals surface area contributed by atoms with Gasteiger partial charge in [-0.1, -0.05) is 30.6 Å². The lowest BCUT2D eigenvalue weighted by molar-refractivity contribution is 0.413. The Kier molecular flexibility index (Phi) is 4.34. The van der Waals surface area contributed by atoms with Crippen LogP contribution in [0.5, 0.6) is 0 Å². The first-order valence-corrected chi connectivity index (χ1v) is 7.06. The molecule has 1 heterocycles. The molecule has 0 spiro atoms. The topological polar surface area (TPSA) is 64.9 Å². The van der Waals surface area contributed by atoms with Gasteiger partial charge in [0.25, 0.3) is 5.89 Å². The highest BCUT2D eigenvalue weighted by Gasteiger charge is 2.16. The molecule has 0 fully saturated rings. The van der Waals surface area contributed by atoms with E-state index < -0.39 is 0 Å². The van der Waals surface area contributed by atoms with E-state index in [1.807, 2.05) is 12.1 Å². The SMILES string of the molecule is CCCC(N)c1noc(-c2cccc(C)c2I)n1. The van der Waals surface area contributed by atoms with Gasteiger partial charge in [-0.3, -0.25) is 0 Å². The van der Waals surface area contributed by atoms with Crippen LogP contribution in [0.1, 0.15) is 37.2 Å². The van der Waals surface area contributed by atoms with Gasteiger partial charge in [-0.2, -0.15) is 4.98 Å². The van der Waals surface area contributed by atoms with E-state index in [0.717, 1.165) is 22.0 Å². The molecule has 1 aromatic heterocycles. The highest BCUT2D eigenvalue weighted by atomic mass is 127. The predicted octanol–water partition coefficient (Wildman–Crippen LogP) is 3.45. The highest BCUT2D eigenvalue weighted by Crippen LogP contribution is 2.27. The van der Waals surface area contributed by atoms with Gasteiger partial charge in [0.05, 0.1) is 11.6 Å². The van der Waals surface area contributed by atoms with Crippen LogP contribution in [0.4, 0.5) is 0 Å². The molecule has 0 saturated heterocycles. The van der Waals surface area contributed by atoms with Gasteiger partial charge in [-0.05, 0) is 47.6 Å². The largest absolute Gasteiger partial charge is 0.334 e. The minimum atomic E-state index is -0.144. The fourth-order valence-electron chi connectivity index (χ4n) is 1.75. The van der Waals surface area contributed by atoms with Gasteiger partial charge in [0.1, 0.15) is 0 Å². The number of halogens is 1. The van der Waals surface area contributed by atoms with Crippen LogP contribution in [0, 0.1) is 10.5 Å². The maximum absolute atomic E-state index is 5.98. The summed E-state index contributed by atoms with van der Waals surface area (Å²) in [6.45, 7) is 4.15. The quantitative estimate of drug-likeness (QED) is 0.852. The number of nitrogens with zero attached hydrogens (tertiary/aromatic N) is 2. The minimum absolute atomic E-state index is 0.144. The van der Waals surface area contributed by atoms with Crippen LogP contribution in [0.25, 0.3) is 11.5 Å². The molecule has 0 amide bonds. The number of hydrogen-bond acceptors (Lipinski definition) is 4. The first-order chi connectivity index (χ1) is 8.63. The number of rotatable bonds is 4. The Labute approximate surface area is 120 Å². The lowest BCUT2D eigenvalue weighted by Crippen LogP contribution is -2.11. The van der Waals surface area contributed by atoms with E-state index in [2.05, 4.69) is 52.6 Å². The van der Waals surface area contributed by atoms with E-state index in [0.29, 0.717) is 11.7 Å². The number of aryl methyl sites for hydroxylation is 1. The van der Waals surface area contributed by atoms with Gasteiger partial charge in [0, 0.05) is 3.57 Å². The van der Waals surface area contributed by atoms with Crippen LogP contribution in [0.2, 0.25) is 0 Å². The standard InChI is InChI=1S/C13H16IN3O/c1-3-5-10(15)12-16-13(18-17-12)9-7-4-6-8(2)11(9)14/h4,6-7,10H,3,5,15H2,1-2H3. The van der Waals surface area contributed by atoms with Crippen LogP contribution in [-0.2, 0) is 0 Å². The average molecular weight is 357 g/mol. The lowest BCUT2D eigenvalue weighted by Gasteiger charge is -2.03. The summed E-state index contributed by atoms with van der Waals surface area (Å²) in [5.41, 5.74) is 8.15. The molecule has 0 aliphatic heterocycles. The van der Waals surface area contributed by atoms with E-state index in [1.165, 1.54) is 5.56 Å². The third-order valence-corrected chi connectivity index (χ3v) is 4.23. The summed E-state index contributed by atoms with van der Waals surface area (Å²) in [4.78, 5) is 4.39. The van der Waals surface area contributed by atoms with Crippen molar-refractivity contribution in [3.05, 3.63) is 33.2 Å². The Bertz CT molecular complexity index is 539. The van der Waals surface area contributed by atoms with Crippen molar-refractivity contribution in [2.75, 3.05) is 0 Å². The fourth-order valence-corrected chi connectivity index (χ4v) is 2.34. The summed E-state index contributed by atoms with van der Waals surface area (Å²) < 4.78 is 6.44. The third kappa shape index (κ3) is 2.72. The Balaban J connectivity index is 2.32. The molecule has 4 nitrogen and oxygen atoms in total. The van der Waals surface area contributed by atoms with Gasteiger partial charge >= 0.3 is 0 Å².